The van der Waals surface area contributed by atoms with Crippen LogP contribution in [-0.4, -0.2) is 32.6 Å². The first-order valence-corrected chi connectivity index (χ1v) is 9.87. The summed E-state index contributed by atoms with van der Waals surface area (Å²) in [6, 6.07) is 11.6. The number of benzene rings is 2. The third-order valence-electron chi connectivity index (χ3n) is 3.73. The molecule has 1 atom stereocenters. The molecule has 2 N–H and O–H groups in total. The zero-order valence-electron chi connectivity index (χ0n) is 15.4. The molecule has 27 heavy (non-hydrogen) atoms. The second-order valence-electron chi connectivity index (χ2n) is 6.37. The van der Waals surface area contributed by atoms with Crippen LogP contribution in [0.2, 0.25) is 0 Å². The van der Waals surface area contributed by atoms with Crippen LogP contribution in [0.3, 0.4) is 0 Å². The summed E-state index contributed by atoms with van der Waals surface area (Å²) in [5.74, 6) is 0.301. The van der Waals surface area contributed by atoms with E-state index in [1.807, 2.05) is 19.9 Å². The van der Waals surface area contributed by atoms with Crippen LogP contribution in [-0.2, 0) is 14.8 Å². The highest BCUT2D eigenvalue weighted by Crippen LogP contribution is 2.31. The SMILES string of the molecule is COc1ccccc1Oc1ccc(S(=O)(=O)N[C@H](CC(C)C)C(=O)O)cc1. The Balaban J connectivity index is 2.16. The Morgan fingerprint density at radius 2 is 1.67 bits per heavy atom. The standard InChI is InChI=1S/C19H23NO6S/c1-13(2)12-16(19(21)22)20-27(23,24)15-10-8-14(9-11-15)26-18-7-5-4-6-17(18)25-3/h4-11,13,16,20H,12H2,1-3H3,(H,21,22)/t16-/m1/s1. The third kappa shape index (κ3) is 5.70. The third-order valence-corrected chi connectivity index (χ3v) is 5.22. The summed E-state index contributed by atoms with van der Waals surface area (Å²) in [4.78, 5) is 11.3. The molecule has 0 aliphatic rings. The number of methoxy groups -OCH3 is 1. The second kappa shape index (κ2) is 8.88. The highest BCUT2D eigenvalue weighted by Gasteiger charge is 2.26. The van der Waals surface area contributed by atoms with Gasteiger partial charge < -0.3 is 14.6 Å². The summed E-state index contributed by atoms with van der Waals surface area (Å²) in [6.07, 6.45) is 0.198. The van der Waals surface area contributed by atoms with E-state index >= 15 is 0 Å². The topological polar surface area (TPSA) is 102 Å². The quantitative estimate of drug-likeness (QED) is 0.678. The van der Waals surface area contributed by atoms with E-state index in [4.69, 9.17) is 9.47 Å². The Morgan fingerprint density at radius 1 is 1.07 bits per heavy atom. The van der Waals surface area contributed by atoms with Gasteiger partial charge in [0.2, 0.25) is 10.0 Å². The molecule has 2 rings (SSSR count). The number of carboxylic acid groups (broad SMARTS) is 1. The molecule has 0 aliphatic heterocycles. The van der Waals surface area contributed by atoms with Crippen LogP contribution in [0.4, 0.5) is 0 Å². The van der Waals surface area contributed by atoms with Gasteiger partial charge in [-0.3, -0.25) is 4.79 Å². The van der Waals surface area contributed by atoms with Gasteiger partial charge >= 0.3 is 5.97 Å². The lowest BCUT2D eigenvalue weighted by Crippen LogP contribution is -2.41. The minimum atomic E-state index is -3.96. The maximum absolute atomic E-state index is 12.5. The second-order valence-corrected chi connectivity index (χ2v) is 8.08. The average Bonchev–Trinajstić information content (AvgIpc) is 2.61. The van der Waals surface area contributed by atoms with Crippen LogP contribution in [0.25, 0.3) is 0 Å². The Bertz CT molecular complexity index is 877. The van der Waals surface area contributed by atoms with Gasteiger partial charge in [-0.2, -0.15) is 4.72 Å². The first-order chi connectivity index (χ1) is 12.7. The van der Waals surface area contributed by atoms with Crippen molar-refractivity contribution in [2.24, 2.45) is 5.92 Å². The van der Waals surface area contributed by atoms with Gasteiger partial charge in [0, 0.05) is 0 Å². The molecule has 0 spiro atoms. The number of hydrogen-bond donors (Lipinski definition) is 2. The normalized spacial score (nSPS) is 12.6. The maximum Gasteiger partial charge on any atom is 0.321 e. The van der Waals surface area contributed by atoms with Gasteiger partial charge in [-0.1, -0.05) is 26.0 Å². The Hall–Kier alpha value is -2.58. The highest BCUT2D eigenvalue weighted by molar-refractivity contribution is 7.89. The van der Waals surface area contributed by atoms with E-state index < -0.39 is 22.0 Å². The van der Waals surface area contributed by atoms with E-state index in [9.17, 15) is 18.3 Å². The van der Waals surface area contributed by atoms with Gasteiger partial charge in [0.1, 0.15) is 11.8 Å². The van der Waals surface area contributed by atoms with Crippen molar-refractivity contribution in [2.75, 3.05) is 7.11 Å². The predicted molar refractivity (Wildman–Crippen MR) is 101 cm³/mol. The van der Waals surface area contributed by atoms with Gasteiger partial charge in [-0.25, -0.2) is 8.42 Å². The lowest BCUT2D eigenvalue weighted by atomic mass is 10.1. The molecule has 0 saturated heterocycles. The molecular weight excluding hydrogens is 370 g/mol. The van der Waals surface area contributed by atoms with Gasteiger partial charge in [-0.05, 0) is 48.7 Å². The van der Waals surface area contributed by atoms with E-state index in [0.717, 1.165) is 0 Å². The molecule has 146 valence electrons. The molecular formula is C19H23NO6S. The lowest BCUT2D eigenvalue weighted by Gasteiger charge is -2.17. The van der Waals surface area contributed by atoms with Crippen molar-refractivity contribution in [2.45, 2.75) is 31.2 Å². The number of ether oxygens (including phenoxy) is 2. The molecule has 2 aromatic rings. The van der Waals surface area contributed by atoms with Crippen LogP contribution in [0.5, 0.6) is 17.2 Å². The van der Waals surface area contributed by atoms with Crippen LogP contribution >= 0.6 is 0 Å². The van der Waals surface area contributed by atoms with E-state index in [1.54, 1.807) is 18.2 Å². The molecule has 0 unspecified atom stereocenters. The zero-order valence-corrected chi connectivity index (χ0v) is 16.2. The Kier molecular flexibility index (Phi) is 6.81. The van der Waals surface area contributed by atoms with Crippen molar-refractivity contribution in [1.29, 1.82) is 0 Å². The number of carboxylic acids is 1. The molecule has 0 amide bonds. The van der Waals surface area contributed by atoms with Crippen LogP contribution in [0.15, 0.2) is 53.4 Å². The Morgan fingerprint density at radius 3 is 2.19 bits per heavy atom. The minimum Gasteiger partial charge on any atom is -0.493 e. The fourth-order valence-electron chi connectivity index (χ4n) is 2.44. The largest absolute Gasteiger partial charge is 0.493 e. The summed E-state index contributed by atoms with van der Waals surface area (Å²) in [6.45, 7) is 3.66. The molecule has 7 nitrogen and oxygen atoms in total. The van der Waals surface area contributed by atoms with Gasteiger partial charge in [0.15, 0.2) is 11.5 Å². The van der Waals surface area contributed by atoms with E-state index in [2.05, 4.69) is 4.72 Å². The fraction of sp³-hybridized carbons (Fsp3) is 0.316. The molecule has 0 radical (unpaired) electrons. The maximum atomic E-state index is 12.5. The number of carbonyl (C=O) groups is 1. The van der Waals surface area contributed by atoms with Gasteiger partial charge in [0.25, 0.3) is 0 Å². The molecule has 0 bridgehead atoms. The first kappa shape index (κ1) is 20.7. The molecule has 2 aromatic carbocycles. The molecule has 0 heterocycles. The zero-order chi connectivity index (χ0) is 20.0. The van der Waals surface area contributed by atoms with Gasteiger partial charge in [-0.15, -0.1) is 0 Å². The van der Waals surface area contributed by atoms with Crippen molar-refractivity contribution in [1.82, 2.24) is 4.72 Å². The van der Waals surface area contributed by atoms with Crippen LogP contribution in [0.1, 0.15) is 20.3 Å². The molecule has 0 aliphatic carbocycles. The van der Waals surface area contributed by atoms with Gasteiger partial charge in [0.05, 0.1) is 12.0 Å². The number of para-hydroxylation sites is 2. The number of rotatable bonds is 9. The van der Waals surface area contributed by atoms with Crippen LogP contribution in [0, 0.1) is 5.92 Å². The minimum absolute atomic E-state index is 0.0328. The van der Waals surface area contributed by atoms with E-state index in [0.29, 0.717) is 17.2 Å². The van der Waals surface area contributed by atoms with Crippen molar-refractivity contribution in [3.05, 3.63) is 48.5 Å². The van der Waals surface area contributed by atoms with Crippen molar-refractivity contribution < 1.29 is 27.8 Å². The molecule has 0 aromatic heterocycles. The lowest BCUT2D eigenvalue weighted by molar-refractivity contribution is -0.139. The van der Waals surface area contributed by atoms with E-state index in [-0.39, 0.29) is 17.2 Å². The molecule has 8 heteroatoms. The van der Waals surface area contributed by atoms with Crippen molar-refractivity contribution in [3.8, 4) is 17.2 Å². The first-order valence-electron chi connectivity index (χ1n) is 8.39. The molecule has 0 fully saturated rings. The highest BCUT2D eigenvalue weighted by atomic mass is 32.2. The van der Waals surface area contributed by atoms with Crippen LogP contribution < -0.4 is 14.2 Å². The predicted octanol–water partition coefficient (Wildman–Crippen LogP) is 3.27. The van der Waals surface area contributed by atoms with Crippen molar-refractivity contribution in [3.63, 3.8) is 0 Å². The Labute approximate surface area is 159 Å². The average molecular weight is 393 g/mol. The molecule has 0 saturated carbocycles. The number of sulfonamides is 1. The number of hydrogen-bond acceptors (Lipinski definition) is 5. The number of nitrogens with one attached hydrogen (secondary N) is 1. The monoisotopic (exact) mass is 393 g/mol. The van der Waals surface area contributed by atoms with Crippen molar-refractivity contribution >= 4 is 16.0 Å². The summed E-state index contributed by atoms with van der Waals surface area (Å²) in [7, 11) is -2.44. The van der Waals surface area contributed by atoms with E-state index in [1.165, 1.54) is 31.4 Å². The fourth-order valence-corrected chi connectivity index (χ4v) is 3.65. The smallest absolute Gasteiger partial charge is 0.321 e. The summed E-state index contributed by atoms with van der Waals surface area (Å²) >= 11 is 0. The summed E-state index contributed by atoms with van der Waals surface area (Å²) in [5.41, 5.74) is 0. The summed E-state index contributed by atoms with van der Waals surface area (Å²) in [5, 5.41) is 9.23. The summed E-state index contributed by atoms with van der Waals surface area (Å²) < 4.78 is 38.1. The number of aliphatic carboxylic acids is 1.